The van der Waals surface area contributed by atoms with Gasteiger partial charge in [0.05, 0.1) is 12.7 Å². The summed E-state index contributed by atoms with van der Waals surface area (Å²) in [5.74, 6) is 1.58. The molecule has 17 heavy (non-hydrogen) atoms. The van der Waals surface area contributed by atoms with E-state index >= 15 is 0 Å². The van der Waals surface area contributed by atoms with E-state index in [0.29, 0.717) is 6.54 Å². The lowest BCUT2D eigenvalue weighted by atomic mass is 10.0. The number of rotatable bonds is 4. The molecule has 1 heterocycles. The van der Waals surface area contributed by atoms with Crippen LogP contribution in [0.3, 0.4) is 0 Å². The highest BCUT2D eigenvalue weighted by Gasteiger charge is 2.08. The monoisotopic (exact) mass is 230 g/mol. The van der Waals surface area contributed by atoms with Crippen LogP contribution < -0.4 is 5.32 Å². The normalized spacial score (nSPS) is 10.8. The first-order valence-electron chi connectivity index (χ1n) is 5.93. The van der Waals surface area contributed by atoms with E-state index in [1.165, 1.54) is 11.1 Å². The summed E-state index contributed by atoms with van der Waals surface area (Å²) in [5.41, 5.74) is 3.60. The summed E-state index contributed by atoms with van der Waals surface area (Å²) < 4.78 is 5.72. The van der Waals surface area contributed by atoms with E-state index in [1.807, 2.05) is 0 Å². The second-order valence-electron chi connectivity index (χ2n) is 4.22. The highest BCUT2D eigenvalue weighted by Crippen LogP contribution is 2.24. The Kier molecular flexibility index (Phi) is 3.59. The first kappa shape index (κ1) is 11.9. The van der Waals surface area contributed by atoms with Crippen molar-refractivity contribution in [3.63, 3.8) is 0 Å². The number of oxazole rings is 1. The predicted octanol–water partition coefficient (Wildman–Crippen LogP) is 3.07. The van der Waals surface area contributed by atoms with Crippen molar-refractivity contribution in [2.24, 2.45) is 0 Å². The number of benzene rings is 1. The van der Waals surface area contributed by atoms with Crippen LogP contribution in [0, 0.1) is 13.8 Å². The molecule has 0 fully saturated rings. The zero-order valence-electron chi connectivity index (χ0n) is 10.6. The number of hydrogen-bond donors (Lipinski definition) is 1. The second kappa shape index (κ2) is 5.15. The minimum atomic E-state index is 0.682. The standard InChI is InChI=1S/C14H18N2O/c1-4-15-9-14-16-8-13(17-14)12-6-5-10(2)7-11(12)3/h5-8,15H,4,9H2,1-3H3. The zero-order chi connectivity index (χ0) is 12.3. The quantitative estimate of drug-likeness (QED) is 0.877. The maximum atomic E-state index is 5.72. The Hall–Kier alpha value is -1.61. The summed E-state index contributed by atoms with van der Waals surface area (Å²) in [5, 5.41) is 3.20. The summed E-state index contributed by atoms with van der Waals surface area (Å²) in [6.45, 7) is 7.85. The molecular formula is C14H18N2O. The molecule has 0 saturated heterocycles. The van der Waals surface area contributed by atoms with Gasteiger partial charge >= 0.3 is 0 Å². The van der Waals surface area contributed by atoms with E-state index in [2.05, 4.69) is 49.3 Å². The Morgan fingerprint density at radius 2 is 2.12 bits per heavy atom. The number of nitrogens with zero attached hydrogens (tertiary/aromatic N) is 1. The Labute approximate surface area is 102 Å². The molecule has 0 spiro atoms. The first-order chi connectivity index (χ1) is 8.20. The molecule has 1 N–H and O–H groups in total. The second-order valence-corrected chi connectivity index (χ2v) is 4.22. The van der Waals surface area contributed by atoms with Crippen molar-refractivity contribution in [3.8, 4) is 11.3 Å². The lowest BCUT2D eigenvalue weighted by Crippen LogP contribution is -2.11. The summed E-state index contributed by atoms with van der Waals surface area (Å²) in [4.78, 5) is 4.26. The fourth-order valence-electron chi connectivity index (χ4n) is 1.84. The summed E-state index contributed by atoms with van der Waals surface area (Å²) in [6, 6.07) is 6.33. The van der Waals surface area contributed by atoms with Crippen LogP contribution in [0.1, 0.15) is 23.9 Å². The molecule has 3 nitrogen and oxygen atoms in total. The van der Waals surface area contributed by atoms with E-state index in [9.17, 15) is 0 Å². The van der Waals surface area contributed by atoms with Crippen LogP contribution in [0.25, 0.3) is 11.3 Å². The molecule has 0 radical (unpaired) electrons. The molecule has 1 aromatic heterocycles. The van der Waals surface area contributed by atoms with Gasteiger partial charge in [0.2, 0.25) is 5.89 Å². The number of nitrogens with one attached hydrogen (secondary N) is 1. The molecule has 0 aliphatic rings. The van der Waals surface area contributed by atoms with Gasteiger partial charge in [0.15, 0.2) is 5.76 Å². The Balaban J connectivity index is 2.24. The molecule has 0 aliphatic carbocycles. The van der Waals surface area contributed by atoms with Crippen LogP contribution in [-0.2, 0) is 6.54 Å². The molecule has 2 rings (SSSR count). The number of hydrogen-bond acceptors (Lipinski definition) is 3. The van der Waals surface area contributed by atoms with E-state index < -0.39 is 0 Å². The van der Waals surface area contributed by atoms with Gasteiger partial charge in [0, 0.05) is 5.56 Å². The molecule has 0 amide bonds. The molecule has 2 aromatic rings. The molecule has 0 aliphatic heterocycles. The third kappa shape index (κ3) is 2.74. The van der Waals surface area contributed by atoms with Crippen molar-refractivity contribution < 1.29 is 4.42 Å². The van der Waals surface area contributed by atoms with Gasteiger partial charge in [0.25, 0.3) is 0 Å². The van der Waals surface area contributed by atoms with Crippen molar-refractivity contribution >= 4 is 0 Å². The van der Waals surface area contributed by atoms with Gasteiger partial charge in [-0.1, -0.05) is 30.7 Å². The number of aromatic nitrogens is 1. The average molecular weight is 230 g/mol. The van der Waals surface area contributed by atoms with Crippen molar-refractivity contribution in [2.45, 2.75) is 27.3 Å². The van der Waals surface area contributed by atoms with E-state index in [0.717, 1.165) is 23.8 Å². The van der Waals surface area contributed by atoms with Crippen LogP contribution in [0.5, 0.6) is 0 Å². The van der Waals surface area contributed by atoms with Gasteiger partial charge in [-0.2, -0.15) is 0 Å². The number of aryl methyl sites for hydroxylation is 2. The Morgan fingerprint density at radius 1 is 1.29 bits per heavy atom. The molecular weight excluding hydrogens is 212 g/mol. The van der Waals surface area contributed by atoms with Crippen molar-refractivity contribution in [1.82, 2.24) is 10.3 Å². The van der Waals surface area contributed by atoms with Gasteiger partial charge in [-0.05, 0) is 26.0 Å². The molecule has 0 bridgehead atoms. The maximum Gasteiger partial charge on any atom is 0.208 e. The van der Waals surface area contributed by atoms with Gasteiger partial charge in [-0.15, -0.1) is 0 Å². The summed E-state index contributed by atoms with van der Waals surface area (Å²) >= 11 is 0. The maximum absolute atomic E-state index is 5.72. The minimum Gasteiger partial charge on any atom is -0.439 e. The molecule has 1 aromatic carbocycles. The SMILES string of the molecule is CCNCc1ncc(-c2ccc(C)cc2C)o1. The third-order valence-corrected chi connectivity index (χ3v) is 2.73. The molecule has 0 saturated carbocycles. The molecule has 0 unspecified atom stereocenters. The van der Waals surface area contributed by atoms with Gasteiger partial charge < -0.3 is 9.73 Å². The van der Waals surface area contributed by atoms with Crippen molar-refractivity contribution in [3.05, 3.63) is 41.4 Å². The topological polar surface area (TPSA) is 38.1 Å². The third-order valence-electron chi connectivity index (χ3n) is 2.73. The highest BCUT2D eigenvalue weighted by molar-refractivity contribution is 5.61. The van der Waals surface area contributed by atoms with Crippen molar-refractivity contribution in [2.75, 3.05) is 6.54 Å². The Bertz CT molecular complexity index is 503. The Morgan fingerprint density at radius 3 is 2.82 bits per heavy atom. The lowest BCUT2D eigenvalue weighted by Gasteiger charge is -2.03. The van der Waals surface area contributed by atoms with Gasteiger partial charge in [0.1, 0.15) is 0 Å². The van der Waals surface area contributed by atoms with Crippen LogP contribution in [0.2, 0.25) is 0 Å². The largest absolute Gasteiger partial charge is 0.439 e. The van der Waals surface area contributed by atoms with E-state index in [-0.39, 0.29) is 0 Å². The summed E-state index contributed by atoms with van der Waals surface area (Å²) in [6.07, 6.45) is 1.80. The van der Waals surface area contributed by atoms with Crippen molar-refractivity contribution in [1.29, 1.82) is 0 Å². The smallest absolute Gasteiger partial charge is 0.208 e. The lowest BCUT2D eigenvalue weighted by molar-refractivity contribution is 0.482. The fourth-order valence-corrected chi connectivity index (χ4v) is 1.84. The molecule has 90 valence electrons. The van der Waals surface area contributed by atoms with Crippen LogP contribution in [0.4, 0.5) is 0 Å². The van der Waals surface area contributed by atoms with Crippen LogP contribution in [-0.4, -0.2) is 11.5 Å². The fraction of sp³-hybridized carbons (Fsp3) is 0.357. The first-order valence-corrected chi connectivity index (χ1v) is 5.93. The minimum absolute atomic E-state index is 0.682. The van der Waals surface area contributed by atoms with E-state index in [1.54, 1.807) is 6.20 Å². The molecule has 0 atom stereocenters. The average Bonchev–Trinajstić information content (AvgIpc) is 2.75. The predicted molar refractivity (Wildman–Crippen MR) is 68.8 cm³/mol. The van der Waals surface area contributed by atoms with Gasteiger partial charge in [-0.3, -0.25) is 0 Å². The van der Waals surface area contributed by atoms with Crippen LogP contribution in [0.15, 0.2) is 28.8 Å². The summed E-state index contributed by atoms with van der Waals surface area (Å²) in [7, 11) is 0. The molecule has 3 heteroatoms. The van der Waals surface area contributed by atoms with Crippen LogP contribution >= 0.6 is 0 Å². The van der Waals surface area contributed by atoms with E-state index in [4.69, 9.17) is 4.42 Å². The highest BCUT2D eigenvalue weighted by atomic mass is 16.4. The zero-order valence-corrected chi connectivity index (χ0v) is 10.6. The van der Waals surface area contributed by atoms with Gasteiger partial charge in [-0.25, -0.2) is 4.98 Å².